The van der Waals surface area contributed by atoms with Gasteiger partial charge in [-0.05, 0) is 30.9 Å². The Kier molecular flexibility index (Phi) is 6.29. The van der Waals surface area contributed by atoms with Crippen LogP contribution in [0.15, 0.2) is 18.2 Å². The second-order valence-corrected chi connectivity index (χ2v) is 4.50. The molecule has 1 atom stereocenters. The molecule has 1 amide bonds. The summed E-state index contributed by atoms with van der Waals surface area (Å²) in [6.45, 7) is 2.51. The summed E-state index contributed by atoms with van der Waals surface area (Å²) in [5.41, 5.74) is -0.0693. The van der Waals surface area contributed by atoms with Crippen LogP contribution in [0.2, 0.25) is 0 Å². The van der Waals surface area contributed by atoms with Gasteiger partial charge < -0.3 is 15.2 Å². The number of rotatable bonds is 7. The summed E-state index contributed by atoms with van der Waals surface area (Å²) >= 11 is 0. The molecule has 0 spiro atoms. The van der Waals surface area contributed by atoms with E-state index in [-0.39, 0.29) is 23.8 Å². The number of hydrogen-bond acceptors (Lipinski definition) is 3. The van der Waals surface area contributed by atoms with Crippen molar-refractivity contribution < 1.29 is 19.0 Å². The molecule has 0 aliphatic rings. The van der Waals surface area contributed by atoms with Crippen LogP contribution in [0.4, 0.5) is 4.39 Å². The maximum atomic E-state index is 13.6. The number of aliphatic hydroxyl groups is 1. The smallest absolute Gasteiger partial charge is 0.258 e. The van der Waals surface area contributed by atoms with E-state index in [1.807, 2.05) is 6.92 Å². The number of carbonyl (C=O) groups is 1. The third-order valence-corrected chi connectivity index (χ3v) is 2.89. The summed E-state index contributed by atoms with van der Waals surface area (Å²) in [4.78, 5) is 11.9. The van der Waals surface area contributed by atoms with Gasteiger partial charge in [-0.2, -0.15) is 0 Å². The molecular weight excluding hydrogens is 249 g/mol. The van der Waals surface area contributed by atoms with Crippen LogP contribution in [0.5, 0.6) is 5.75 Å². The van der Waals surface area contributed by atoms with Crippen LogP contribution in [0.3, 0.4) is 0 Å². The Bertz CT molecular complexity index is 423. The summed E-state index contributed by atoms with van der Waals surface area (Å²) < 4.78 is 18.6. The van der Waals surface area contributed by atoms with Crippen LogP contribution in [0, 0.1) is 11.7 Å². The molecule has 0 bridgehead atoms. The second kappa shape index (κ2) is 7.74. The fourth-order valence-corrected chi connectivity index (χ4v) is 1.73. The Balaban J connectivity index is 2.54. The Labute approximate surface area is 112 Å². The maximum Gasteiger partial charge on any atom is 0.258 e. The number of amides is 1. The van der Waals surface area contributed by atoms with Crippen molar-refractivity contribution in [2.24, 2.45) is 5.92 Å². The summed E-state index contributed by atoms with van der Waals surface area (Å²) in [7, 11) is 1.40. The molecule has 0 saturated heterocycles. The highest BCUT2D eigenvalue weighted by atomic mass is 19.1. The molecule has 4 nitrogen and oxygen atoms in total. The van der Waals surface area contributed by atoms with Gasteiger partial charge in [-0.1, -0.05) is 13.0 Å². The predicted molar refractivity (Wildman–Crippen MR) is 70.8 cm³/mol. The first-order chi connectivity index (χ1) is 9.10. The molecule has 2 N–H and O–H groups in total. The maximum absolute atomic E-state index is 13.6. The molecule has 19 heavy (non-hydrogen) atoms. The third-order valence-electron chi connectivity index (χ3n) is 2.89. The van der Waals surface area contributed by atoms with Gasteiger partial charge in [-0.3, -0.25) is 4.79 Å². The monoisotopic (exact) mass is 269 g/mol. The third kappa shape index (κ3) is 4.52. The summed E-state index contributed by atoms with van der Waals surface area (Å²) in [6.07, 6.45) is 1.55. The number of benzene rings is 1. The zero-order valence-corrected chi connectivity index (χ0v) is 11.3. The van der Waals surface area contributed by atoms with Crippen molar-refractivity contribution in [3.63, 3.8) is 0 Å². The van der Waals surface area contributed by atoms with Gasteiger partial charge in [0.05, 0.1) is 7.11 Å². The van der Waals surface area contributed by atoms with E-state index in [0.29, 0.717) is 6.54 Å². The molecule has 0 aliphatic heterocycles. The van der Waals surface area contributed by atoms with Crippen LogP contribution in [-0.4, -0.2) is 31.3 Å². The molecule has 0 fully saturated rings. The lowest BCUT2D eigenvalue weighted by Gasteiger charge is -2.11. The number of carbonyl (C=O) groups excluding carboxylic acids is 1. The number of nitrogens with one attached hydrogen (secondary N) is 1. The van der Waals surface area contributed by atoms with Gasteiger partial charge in [0, 0.05) is 13.2 Å². The number of ether oxygens (including phenoxy) is 1. The average molecular weight is 269 g/mol. The van der Waals surface area contributed by atoms with Crippen LogP contribution >= 0.6 is 0 Å². The zero-order chi connectivity index (χ0) is 14.3. The lowest BCUT2D eigenvalue weighted by Crippen LogP contribution is -2.26. The number of methoxy groups -OCH3 is 1. The fourth-order valence-electron chi connectivity index (χ4n) is 1.73. The molecule has 1 aromatic rings. The van der Waals surface area contributed by atoms with Crippen LogP contribution < -0.4 is 10.1 Å². The van der Waals surface area contributed by atoms with Crippen molar-refractivity contribution in [3.05, 3.63) is 29.6 Å². The molecule has 1 unspecified atom stereocenters. The lowest BCUT2D eigenvalue weighted by molar-refractivity contribution is 0.0944. The standard InChI is InChI=1S/C14H20FNO3/c1-10(9-17)5-4-8-16-14(18)13-11(15)6-3-7-12(13)19-2/h3,6-7,10,17H,4-5,8-9H2,1-2H3,(H,16,18). The van der Waals surface area contributed by atoms with E-state index in [1.165, 1.54) is 19.2 Å². The van der Waals surface area contributed by atoms with Crippen molar-refractivity contribution >= 4 is 5.91 Å². The van der Waals surface area contributed by atoms with E-state index in [9.17, 15) is 9.18 Å². The largest absolute Gasteiger partial charge is 0.496 e. The average Bonchev–Trinajstić information content (AvgIpc) is 2.42. The Morgan fingerprint density at radius 2 is 2.26 bits per heavy atom. The highest BCUT2D eigenvalue weighted by Gasteiger charge is 2.16. The summed E-state index contributed by atoms with van der Waals surface area (Å²) in [5.74, 6) is -0.645. The normalized spacial score (nSPS) is 12.0. The number of aliphatic hydroxyl groups excluding tert-OH is 1. The first kappa shape index (κ1) is 15.4. The van der Waals surface area contributed by atoms with E-state index < -0.39 is 11.7 Å². The Morgan fingerprint density at radius 3 is 2.89 bits per heavy atom. The van der Waals surface area contributed by atoms with Crippen molar-refractivity contribution in [1.29, 1.82) is 0 Å². The van der Waals surface area contributed by atoms with Crippen molar-refractivity contribution in [1.82, 2.24) is 5.32 Å². The zero-order valence-electron chi connectivity index (χ0n) is 11.3. The van der Waals surface area contributed by atoms with Crippen LogP contribution in [0.1, 0.15) is 30.1 Å². The minimum Gasteiger partial charge on any atom is -0.496 e. The van der Waals surface area contributed by atoms with E-state index >= 15 is 0 Å². The highest BCUT2D eigenvalue weighted by Crippen LogP contribution is 2.20. The molecule has 0 aliphatic carbocycles. The van der Waals surface area contributed by atoms with Gasteiger partial charge in [0.25, 0.3) is 5.91 Å². The first-order valence-electron chi connectivity index (χ1n) is 6.31. The van der Waals surface area contributed by atoms with E-state index in [1.54, 1.807) is 6.07 Å². The molecule has 0 radical (unpaired) electrons. The molecule has 1 rings (SSSR count). The minimum absolute atomic E-state index is 0.0693. The molecule has 0 saturated carbocycles. The second-order valence-electron chi connectivity index (χ2n) is 4.50. The first-order valence-corrected chi connectivity index (χ1v) is 6.31. The summed E-state index contributed by atoms with van der Waals surface area (Å²) in [6, 6.07) is 4.27. The van der Waals surface area contributed by atoms with Gasteiger partial charge in [0.2, 0.25) is 0 Å². The topological polar surface area (TPSA) is 58.6 Å². The number of halogens is 1. The minimum atomic E-state index is -0.597. The molecule has 1 aromatic carbocycles. The van der Waals surface area contributed by atoms with Crippen LogP contribution in [-0.2, 0) is 0 Å². The van der Waals surface area contributed by atoms with Crippen molar-refractivity contribution in [2.45, 2.75) is 19.8 Å². The van der Waals surface area contributed by atoms with E-state index in [2.05, 4.69) is 5.32 Å². The van der Waals surface area contributed by atoms with Gasteiger partial charge in [0.1, 0.15) is 17.1 Å². The van der Waals surface area contributed by atoms with Gasteiger partial charge >= 0.3 is 0 Å². The van der Waals surface area contributed by atoms with Crippen LogP contribution in [0.25, 0.3) is 0 Å². The van der Waals surface area contributed by atoms with E-state index in [0.717, 1.165) is 12.8 Å². The molecule has 0 aromatic heterocycles. The quantitative estimate of drug-likeness (QED) is 0.744. The number of hydrogen-bond donors (Lipinski definition) is 2. The van der Waals surface area contributed by atoms with Crippen molar-refractivity contribution in [2.75, 3.05) is 20.3 Å². The molecule has 5 heteroatoms. The Morgan fingerprint density at radius 1 is 1.53 bits per heavy atom. The van der Waals surface area contributed by atoms with Crippen molar-refractivity contribution in [3.8, 4) is 5.75 Å². The Hall–Kier alpha value is -1.62. The SMILES string of the molecule is COc1cccc(F)c1C(=O)NCCCC(C)CO. The molecule has 0 heterocycles. The fraction of sp³-hybridized carbons (Fsp3) is 0.500. The predicted octanol–water partition coefficient (Wildman–Crippen LogP) is 1.97. The van der Waals surface area contributed by atoms with E-state index in [4.69, 9.17) is 9.84 Å². The van der Waals surface area contributed by atoms with Gasteiger partial charge in [-0.15, -0.1) is 0 Å². The highest BCUT2D eigenvalue weighted by molar-refractivity contribution is 5.97. The lowest BCUT2D eigenvalue weighted by atomic mass is 10.1. The molecular formula is C14H20FNO3. The van der Waals surface area contributed by atoms with Gasteiger partial charge in [0.15, 0.2) is 0 Å². The van der Waals surface area contributed by atoms with Gasteiger partial charge in [-0.25, -0.2) is 4.39 Å². The molecule has 106 valence electrons. The summed E-state index contributed by atoms with van der Waals surface area (Å²) in [5, 5.41) is 11.5.